The van der Waals surface area contributed by atoms with Gasteiger partial charge in [-0.2, -0.15) is 0 Å². The smallest absolute Gasteiger partial charge is 0.340 e. The van der Waals surface area contributed by atoms with Gasteiger partial charge in [0.25, 0.3) is 0 Å². The molecule has 0 aliphatic carbocycles. The Balaban J connectivity index is 1.88. The Morgan fingerprint density at radius 3 is 2.29 bits per heavy atom. The molecule has 3 aromatic rings. The molecule has 0 fully saturated rings. The summed E-state index contributed by atoms with van der Waals surface area (Å²) >= 11 is 0. The number of amides is 1. The molecule has 1 N–H and O–H groups in total. The van der Waals surface area contributed by atoms with Crippen LogP contribution in [0.4, 0.5) is 5.69 Å². The number of benzene rings is 2. The van der Waals surface area contributed by atoms with Crippen LogP contribution in [0.25, 0.3) is 11.0 Å². The molecule has 0 saturated heterocycles. The first-order valence-corrected chi connectivity index (χ1v) is 9.30. The van der Waals surface area contributed by atoms with Crippen LogP contribution < -0.4 is 11.0 Å². The van der Waals surface area contributed by atoms with Gasteiger partial charge in [-0.3, -0.25) is 13.9 Å². The lowest BCUT2D eigenvalue weighted by molar-refractivity contribution is -0.116. The normalized spacial score (nSPS) is 10.8. The van der Waals surface area contributed by atoms with Crippen molar-refractivity contribution in [3.63, 3.8) is 0 Å². The van der Waals surface area contributed by atoms with E-state index in [1.165, 1.54) is 4.57 Å². The third-order valence-corrected chi connectivity index (χ3v) is 4.37. The number of aryl methyl sites for hydroxylation is 1. The Bertz CT molecular complexity index is 1060. The number of esters is 1. The first kappa shape index (κ1) is 19.4. The number of carbonyl (C=O) groups excluding carboxylic acids is 2. The quantitative estimate of drug-likeness (QED) is 0.638. The number of para-hydroxylation sites is 3. The summed E-state index contributed by atoms with van der Waals surface area (Å²) in [4.78, 5) is 37.5. The van der Waals surface area contributed by atoms with E-state index in [2.05, 4.69) is 5.32 Å². The summed E-state index contributed by atoms with van der Waals surface area (Å²) < 4.78 is 8.15. The SMILES string of the molecule is CCCn1c(=O)n(CC(=O)Nc2ccccc2C(=O)OCC)c2ccccc21. The van der Waals surface area contributed by atoms with E-state index < -0.39 is 11.9 Å². The minimum Gasteiger partial charge on any atom is -0.462 e. The van der Waals surface area contributed by atoms with E-state index in [1.807, 2.05) is 31.2 Å². The molecule has 1 amide bonds. The number of rotatable bonds is 7. The van der Waals surface area contributed by atoms with Crippen LogP contribution in [0, 0.1) is 0 Å². The van der Waals surface area contributed by atoms with Crippen molar-refractivity contribution < 1.29 is 14.3 Å². The van der Waals surface area contributed by atoms with Crippen LogP contribution in [-0.4, -0.2) is 27.6 Å². The van der Waals surface area contributed by atoms with Gasteiger partial charge in [0.15, 0.2) is 0 Å². The molecule has 7 nitrogen and oxygen atoms in total. The molecule has 1 aromatic heterocycles. The third kappa shape index (κ3) is 3.83. The number of fused-ring (bicyclic) bond motifs is 1. The number of carbonyl (C=O) groups is 2. The van der Waals surface area contributed by atoms with Gasteiger partial charge in [-0.25, -0.2) is 9.59 Å². The summed E-state index contributed by atoms with van der Waals surface area (Å²) in [6.07, 6.45) is 0.813. The predicted octanol–water partition coefficient (Wildman–Crippen LogP) is 3.03. The van der Waals surface area contributed by atoms with Crippen LogP contribution >= 0.6 is 0 Å². The van der Waals surface area contributed by atoms with E-state index >= 15 is 0 Å². The van der Waals surface area contributed by atoms with Gasteiger partial charge in [0.2, 0.25) is 5.91 Å². The van der Waals surface area contributed by atoms with Gasteiger partial charge in [0.05, 0.1) is 28.9 Å². The average Bonchev–Trinajstić information content (AvgIpc) is 2.95. The Labute approximate surface area is 162 Å². The third-order valence-electron chi connectivity index (χ3n) is 4.37. The molecule has 1 heterocycles. The number of anilines is 1. The minimum atomic E-state index is -0.505. The van der Waals surface area contributed by atoms with Crippen LogP contribution in [0.1, 0.15) is 30.6 Å². The van der Waals surface area contributed by atoms with Crippen LogP contribution in [0.3, 0.4) is 0 Å². The van der Waals surface area contributed by atoms with E-state index in [1.54, 1.807) is 35.8 Å². The van der Waals surface area contributed by atoms with Gasteiger partial charge in [0, 0.05) is 6.54 Å². The molecular formula is C21H23N3O4. The molecule has 146 valence electrons. The van der Waals surface area contributed by atoms with Gasteiger partial charge in [-0.05, 0) is 37.6 Å². The average molecular weight is 381 g/mol. The number of aromatic nitrogens is 2. The lowest BCUT2D eigenvalue weighted by atomic mass is 10.2. The Morgan fingerprint density at radius 2 is 1.61 bits per heavy atom. The summed E-state index contributed by atoms with van der Waals surface area (Å²) in [6.45, 7) is 4.40. The second-order valence-corrected chi connectivity index (χ2v) is 6.32. The zero-order chi connectivity index (χ0) is 20.1. The van der Waals surface area contributed by atoms with Crippen molar-refractivity contribution in [1.29, 1.82) is 0 Å². The number of hydrogen-bond acceptors (Lipinski definition) is 4. The van der Waals surface area contributed by atoms with E-state index in [0.717, 1.165) is 11.9 Å². The van der Waals surface area contributed by atoms with Gasteiger partial charge in [0.1, 0.15) is 6.54 Å². The highest BCUT2D eigenvalue weighted by Gasteiger charge is 2.17. The lowest BCUT2D eigenvalue weighted by Gasteiger charge is -2.10. The summed E-state index contributed by atoms with van der Waals surface area (Å²) in [7, 11) is 0. The molecule has 3 rings (SSSR count). The molecule has 0 atom stereocenters. The van der Waals surface area contributed by atoms with Crippen LogP contribution in [0.5, 0.6) is 0 Å². The minimum absolute atomic E-state index is 0.146. The number of hydrogen-bond donors (Lipinski definition) is 1. The molecule has 0 spiro atoms. The number of nitrogens with one attached hydrogen (secondary N) is 1. The number of nitrogens with zero attached hydrogens (tertiary/aromatic N) is 2. The van der Waals surface area contributed by atoms with Gasteiger partial charge in [-0.1, -0.05) is 31.2 Å². The van der Waals surface area contributed by atoms with Crippen molar-refractivity contribution in [3.05, 3.63) is 64.6 Å². The number of ether oxygens (including phenoxy) is 1. The molecule has 0 bridgehead atoms. The fourth-order valence-electron chi connectivity index (χ4n) is 3.18. The zero-order valence-corrected chi connectivity index (χ0v) is 16.0. The molecule has 28 heavy (non-hydrogen) atoms. The van der Waals surface area contributed by atoms with Gasteiger partial charge >= 0.3 is 11.7 Å². The highest BCUT2D eigenvalue weighted by atomic mass is 16.5. The molecule has 0 aliphatic heterocycles. The van der Waals surface area contributed by atoms with Crippen molar-refractivity contribution in [3.8, 4) is 0 Å². The molecular weight excluding hydrogens is 358 g/mol. The highest BCUT2D eigenvalue weighted by molar-refractivity contribution is 6.01. The second kappa shape index (κ2) is 8.56. The summed E-state index contributed by atoms with van der Waals surface area (Å²) in [5.41, 5.74) is 1.91. The van der Waals surface area contributed by atoms with Crippen molar-refractivity contribution in [1.82, 2.24) is 9.13 Å². The maximum absolute atomic E-state index is 12.8. The Hall–Kier alpha value is -3.35. The first-order valence-electron chi connectivity index (χ1n) is 9.30. The van der Waals surface area contributed by atoms with Crippen molar-refractivity contribution in [2.75, 3.05) is 11.9 Å². The maximum Gasteiger partial charge on any atom is 0.340 e. The van der Waals surface area contributed by atoms with E-state index in [4.69, 9.17) is 4.74 Å². The Kier molecular flexibility index (Phi) is 5.93. The summed E-state index contributed by atoms with van der Waals surface area (Å²) in [6, 6.07) is 14.0. The maximum atomic E-state index is 12.8. The van der Waals surface area contributed by atoms with E-state index in [0.29, 0.717) is 17.7 Å². The van der Waals surface area contributed by atoms with Crippen LogP contribution in [-0.2, 0) is 22.6 Å². The fourth-order valence-corrected chi connectivity index (χ4v) is 3.18. The van der Waals surface area contributed by atoms with E-state index in [-0.39, 0.29) is 24.4 Å². The molecule has 0 saturated carbocycles. The fraction of sp³-hybridized carbons (Fsp3) is 0.286. The monoisotopic (exact) mass is 381 g/mol. The van der Waals surface area contributed by atoms with E-state index in [9.17, 15) is 14.4 Å². The van der Waals surface area contributed by atoms with Gasteiger partial charge < -0.3 is 10.1 Å². The predicted molar refractivity (Wildman–Crippen MR) is 108 cm³/mol. The van der Waals surface area contributed by atoms with Crippen LogP contribution in [0.15, 0.2) is 53.3 Å². The molecule has 0 unspecified atom stereocenters. The molecule has 7 heteroatoms. The second-order valence-electron chi connectivity index (χ2n) is 6.32. The number of imidazole rings is 1. The molecule has 2 aromatic carbocycles. The largest absolute Gasteiger partial charge is 0.462 e. The van der Waals surface area contributed by atoms with Crippen molar-refractivity contribution in [2.45, 2.75) is 33.4 Å². The first-order chi connectivity index (χ1) is 13.6. The zero-order valence-electron chi connectivity index (χ0n) is 16.0. The lowest BCUT2D eigenvalue weighted by Crippen LogP contribution is -2.29. The molecule has 0 radical (unpaired) electrons. The Morgan fingerprint density at radius 1 is 0.964 bits per heavy atom. The standard InChI is InChI=1S/C21H23N3O4/c1-3-13-23-17-11-7-8-12-18(17)24(21(23)27)14-19(25)22-16-10-6-5-9-15(16)20(26)28-4-2/h5-12H,3-4,13-14H2,1-2H3,(H,22,25). The van der Waals surface area contributed by atoms with Crippen molar-refractivity contribution >= 4 is 28.6 Å². The highest BCUT2D eigenvalue weighted by Crippen LogP contribution is 2.17. The van der Waals surface area contributed by atoms with Crippen LogP contribution in [0.2, 0.25) is 0 Å². The summed E-state index contributed by atoms with van der Waals surface area (Å²) in [5.74, 6) is -0.895. The van der Waals surface area contributed by atoms with Gasteiger partial charge in [-0.15, -0.1) is 0 Å². The summed E-state index contributed by atoms with van der Waals surface area (Å²) in [5, 5.41) is 2.72. The molecule has 0 aliphatic rings. The van der Waals surface area contributed by atoms with Crippen molar-refractivity contribution in [2.24, 2.45) is 0 Å². The topological polar surface area (TPSA) is 82.3 Å².